The number of hydrogen-bond donors (Lipinski definition) is 2. The van der Waals surface area contributed by atoms with E-state index in [0.29, 0.717) is 58.9 Å². The number of nitrogens with zero attached hydrogens (tertiary/aromatic N) is 4. The fourth-order valence-electron chi connectivity index (χ4n) is 7.84. The van der Waals surface area contributed by atoms with Gasteiger partial charge in [0.1, 0.15) is 30.7 Å². The minimum absolute atomic E-state index is 0.0876. The van der Waals surface area contributed by atoms with Crippen molar-refractivity contribution in [3.8, 4) is 5.75 Å². The van der Waals surface area contributed by atoms with Crippen LogP contribution in [0.3, 0.4) is 0 Å². The molecule has 3 heterocycles. The van der Waals surface area contributed by atoms with Crippen molar-refractivity contribution in [1.29, 1.82) is 0 Å². The van der Waals surface area contributed by atoms with Gasteiger partial charge >= 0.3 is 6.09 Å². The molecule has 2 N–H and O–H groups in total. The Morgan fingerprint density at radius 1 is 1.12 bits per heavy atom. The van der Waals surface area contributed by atoms with Crippen molar-refractivity contribution >= 4 is 28.8 Å². The maximum absolute atomic E-state index is 13.1. The average molecular weight is 673 g/mol. The zero-order chi connectivity index (χ0) is 34.5. The van der Waals surface area contributed by atoms with Crippen LogP contribution in [0, 0.1) is 29.6 Å². The molecule has 12 nitrogen and oxygen atoms in total. The molecule has 3 aromatic rings. The number of aromatic nitrogens is 4. The summed E-state index contributed by atoms with van der Waals surface area (Å²) in [6.45, 7) is 6.44. The number of nitrogens with one attached hydrogen (secondary N) is 2. The van der Waals surface area contributed by atoms with Crippen LogP contribution in [0.25, 0.3) is 11.0 Å². The van der Waals surface area contributed by atoms with Crippen molar-refractivity contribution in [2.45, 2.75) is 97.3 Å². The zero-order valence-electron chi connectivity index (χ0n) is 28.7. The SMILES string of the molecule is CCC1CCN(C(=O)CNC(=O)OC2CC3CC3C2CCCCCc2nc3ccc(OCc4cnccn4)cc3[nH]c2=O)C1C(=O)C(C)C. The summed E-state index contributed by atoms with van der Waals surface area (Å²) in [6, 6.07) is 5.04. The van der Waals surface area contributed by atoms with E-state index in [1.807, 2.05) is 26.0 Å². The molecular formula is C37H48N6O6. The fourth-order valence-corrected chi connectivity index (χ4v) is 7.84. The standard InChI is InChI=1S/C37H48N6O6/c1-4-23-12-15-43(34(23)35(45)22(2)3)33(44)20-40-37(47)49-32-17-24-16-28(24)27(32)8-6-5-7-9-30-36(46)42-31-18-26(10-11-29(31)41-30)48-21-25-19-38-13-14-39-25/h10-11,13-14,18-19,22-24,27-28,32,34H,4-9,12,15-17,20-21H2,1-3H3,(H,40,47)(H,42,46). The first-order valence-corrected chi connectivity index (χ1v) is 17.9. The van der Waals surface area contributed by atoms with Crippen molar-refractivity contribution in [3.05, 3.63) is 58.5 Å². The minimum Gasteiger partial charge on any atom is -0.487 e. The third kappa shape index (κ3) is 8.28. The first kappa shape index (κ1) is 34.5. The number of fused-ring (bicyclic) bond motifs is 2. The smallest absolute Gasteiger partial charge is 0.407 e. The van der Waals surface area contributed by atoms with Gasteiger partial charge in [0.25, 0.3) is 5.56 Å². The van der Waals surface area contributed by atoms with Crippen molar-refractivity contribution < 1.29 is 23.9 Å². The van der Waals surface area contributed by atoms with E-state index in [4.69, 9.17) is 9.47 Å². The summed E-state index contributed by atoms with van der Waals surface area (Å²) in [7, 11) is 0. The Hall–Kier alpha value is -4.35. The molecule has 49 heavy (non-hydrogen) atoms. The molecule has 6 rings (SSSR count). The number of ketones is 1. The van der Waals surface area contributed by atoms with Crippen LogP contribution in [0.5, 0.6) is 5.75 Å². The first-order chi connectivity index (χ1) is 23.7. The van der Waals surface area contributed by atoms with E-state index in [0.717, 1.165) is 44.9 Å². The summed E-state index contributed by atoms with van der Waals surface area (Å²) < 4.78 is 11.7. The van der Waals surface area contributed by atoms with Crippen LogP contribution in [-0.2, 0) is 27.4 Å². The molecule has 0 bridgehead atoms. The Labute approximate surface area is 286 Å². The molecular weight excluding hydrogens is 624 g/mol. The van der Waals surface area contributed by atoms with E-state index in [-0.39, 0.29) is 48.3 Å². The van der Waals surface area contributed by atoms with E-state index >= 15 is 0 Å². The summed E-state index contributed by atoms with van der Waals surface area (Å²) >= 11 is 0. The molecule has 3 aliphatic rings. The van der Waals surface area contributed by atoms with Gasteiger partial charge in [-0.15, -0.1) is 0 Å². The molecule has 1 aliphatic heterocycles. The molecule has 2 aromatic heterocycles. The summed E-state index contributed by atoms with van der Waals surface area (Å²) in [5.74, 6) is 2.01. The van der Waals surface area contributed by atoms with E-state index in [1.54, 1.807) is 29.6 Å². The molecule has 6 atom stereocenters. The predicted molar refractivity (Wildman–Crippen MR) is 183 cm³/mol. The topological polar surface area (TPSA) is 156 Å². The number of carbonyl (C=O) groups excluding carboxylic acids is 3. The highest BCUT2D eigenvalue weighted by atomic mass is 16.6. The molecule has 2 amide bonds. The Morgan fingerprint density at radius 3 is 2.76 bits per heavy atom. The van der Waals surface area contributed by atoms with Gasteiger partial charge in [-0.2, -0.15) is 0 Å². The number of likely N-dealkylation sites (tertiary alicyclic amines) is 1. The van der Waals surface area contributed by atoms with Gasteiger partial charge in [-0.25, -0.2) is 9.78 Å². The number of benzene rings is 1. The molecule has 2 aliphatic carbocycles. The van der Waals surface area contributed by atoms with Crippen molar-refractivity contribution in [1.82, 2.24) is 30.2 Å². The molecule has 1 saturated heterocycles. The van der Waals surface area contributed by atoms with Gasteiger partial charge < -0.3 is 24.7 Å². The van der Waals surface area contributed by atoms with Gasteiger partial charge in [0.05, 0.1) is 29.0 Å². The summed E-state index contributed by atoms with van der Waals surface area (Å²) in [6.07, 6.45) is 12.2. The van der Waals surface area contributed by atoms with Crippen LogP contribution in [0.15, 0.2) is 41.6 Å². The maximum atomic E-state index is 13.1. The van der Waals surface area contributed by atoms with E-state index in [1.165, 1.54) is 6.42 Å². The zero-order valence-corrected chi connectivity index (χ0v) is 28.7. The second-order valence-corrected chi connectivity index (χ2v) is 14.2. The second-order valence-electron chi connectivity index (χ2n) is 14.2. The van der Waals surface area contributed by atoms with Crippen LogP contribution in [0.4, 0.5) is 4.79 Å². The number of H-pyrrole nitrogens is 1. The lowest BCUT2D eigenvalue weighted by Gasteiger charge is -2.28. The predicted octanol–water partition coefficient (Wildman–Crippen LogP) is 5.00. The fraction of sp³-hybridized carbons (Fsp3) is 0.595. The van der Waals surface area contributed by atoms with Gasteiger partial charge in [0.2, 0.25) is 5.91 Å². The monoisotopic (exact) mass is 672 g/mol. The molecule has 0 spiro atoms. The van der Waals surface area contributed by atoms with Gasteiger partial charge in [-0.1, -0.05) is 40.0 Å². The maximum Gasteiger partial charge on any atom is 0.407 e. The number of amides is 2. The highest BCUT2D eigenvalue weighted by Crippen LogP contribution is 2.57. The summed E-state index contributed by atoms with van der Waals surface area (Å²) in [4.78, 5) is 69.0. The molecule has 2 saturated carbocycles. The number of Topliss-reactive ketones (excluding diaryl/α,β-unsaturated/α-hetero) is 1. The van der Waals surface area contributed by atoms with Gasteiger partial charge in [-0.3, -0.25) is 24.4 Å². The van der Waals surface area contributed by atoms with E-state index in [9.17, 15) is 19.2 Å². The van der Waals surface area contributed by atoms with Crippen molar-refractivity contribution in [2.24, 2.45) is 29.6 Å². The number of unbranched alkanes of at least 4 members (excludes halogenated alkanes) is 2. The lowest BCUT2D eigenvalue weighted by Crippen LogP contribution is -2.48. The van der Waals surface area contributed by atoms with Gasteiger partial charge in [0.15, 0.2) is 5.78 Å². The molecule has 6 unspecified atom stereocenters. The number of carbonyl (C=O) groups is 3. The highest BCUT2D eigenvalue weighted by molar-refractivity contribution is 5.92. The average Bonchev–Trinajstić information content (AvgIpc) is 3.58. The number of aromatic amines is 1. The van der Waals surface area contributed by atoms with Gasteiger partial charge in [-0.05, 0) is 74.3 Å². The minimum atomic E-state index is -0.562. The molecule has 12 heteroatoms. The third-order valence-corrected chi connectivity index (χ3v) is 10.6. The third-order valence-electron chi connectivity index (χ3n) is 10.6. The highest BCUT2D eigenvalue weighted by Gasteiger charge is 2.54. The van der Waals surface area contributed by atoms with Crippen molar-refractivity contribution in [3.63, 3.8) is 0 Å². The molecule has 0 radical (unpaired) electrons. The van der Waals surface area contributed by atoms with Crippen LogP contribution in [-0.4, -0.2) is 67.9 Å². The first-order valence-electron chi connectivity index (χ1n) is 17.9. The summed E-state index contributed by atoms with van der Waals surface area (Å²) in [5, 5.41) is 2.67. The van der Waals surface area contributed by atoms with Crippen LogP contribution >= 0.6 is 0 Å². The number of aryl methyl sites for hydroxylation is 1. The van der Waals surface area contributed by atoms with Crippen LogP contribution in [0.1, 0.15) is 83.5 Å². The molecule has 1 aromatic carbocycles. The van der Waals surface area contributed by atoms with E-state index < -0.39 is 12.1 Å². The quantitative estimate of drug-likeness (QED) is 0.212. The Balaban J connectivity index is 0.931. The largest absolute Gasteiger partial charge is 0.487 e. The normalized spacial score (nSPS) is 24.2. The molecule has 3 fully saturated rings. The Bertz CT molecular complexity index is 1700. The number of rotatable bonds is 15. The number of ether oxygens (including phenoxy) is 2. The molecule has 262 valence electrons. The number of alkyl carbamates (subject to hydrolysis) is 1. The second kappa shape index (κ2) is 15.5. The van der Waals surface area contributed by atoms with Crippen molar-refractivity contribution in [2.75, 3.05) is 13.1 Å². The lowest BCUT2D eigenvalue weighted by molar-refractivity contribution is -0.139. The Morgan fingerprint density at radius 2 is 1.98 bits per heavy atom. The van der Waals surface area contributed by atoms with Crippen LogP contribution < -0.4 is 15.6 Å². The lowest BCUT2D eigenvalue weighted by atomic mass is 9.89. The Kier molecular flexibility index (Phi) is 10.9. The van der Waals surface area contributed by atoms with Crippen LogP contribution in [0.2, 0.25) is 0 Å². The summed E-state index contributed by atoms with van der Waals surface area (Å²) in [5.41, 5.74) is 2.38. The van der Waals surface area contributed by atoms with E-state index in [2.05, 4.69) is 32.2 Å². The van der Waals surface area contributed by atoms with Gasteiger partial charge in [0, 0.05) is 30.9 Å². The number of hydrogen-bond acceptors (Lipinski definition) is 9.